The van der Waals surface area contributed by atoms with Crippen molar-refractivity contribution in [1.29, 1.82) is 0 Å². The minimum atomic E-state index is -0.236. The van der Waals surface area contributed by atoms with E-state index in [1.54, 1.807) is 14.0 Å². The number of carbonyl (C=O) groups is 1. The third kappa shape index (κ3) is 2.18. The molecule has 1 amide bonds. The maximum Gasteiger partial charge on any atom is 0.282 e. The van der Waals surface area contributed by atoms with Crippen LogP contribution in [-0.4, -0.2) is 30.3 Å². The van der Waals surface area contributed by atoms with Crippen LogP contribution in [0, 0.1) is 6.92 Å². The standard InChI is InChI=1S/C10H16N2O3/c1-6(2)9-8(7(3)11-15-9)10(13)12(4)14-5/h6H,1-5H3. The van der Waals surface area contributed by atoms with Crippen molar-refractivity contribution in [1.82, 2.24) is 10.2 Å². The van der Waals surface area contributed by atoms with Gasteiger partial charge in [0, 0.05) is 13.0 Å². The van der Waals surface area contributed by atoms with Gasteiger partial charge >= 0.3 is 0 Å². The fraction of sp³-hybridized carbons (Fsp3) is 0.600. The predicted octanol–water partition coefficient (Wildman–Crippen LogP) is 1.74. The van der Waals surface area contributed by atoms with Crippen LogP contribution in [0.4, 0.5) is 0 Å². The van der Waals surface area contributed by atoms with Gasteiger partial charge < -0.3 is 4.52 Å². The van der Waals surface area contributed by atoms with E-state index >= 15 is 0 Å². The summed E-state index contributed by atoms with van der Waals surface area (Å²) in [6, 6.07) is 0. The smallest absolute Gasteiger partial charge is 0.282 e. The zero-order valence-electron chi connectivity index (χ0n) is 9.70. The molecule has 1 aromatic rings. The van der Waals surface area contributed by atoms with E-state index in [9.17, 15) is 4.79 Å². The van der Waals surface area contributed by atoms with Gasteiger partial charge in [0.2, 0.25) is 0 Å². The molecule has 1 rings (SSSR count). The second-order valence-corrected chi connectivity index (χ2v) is 3.65. The van der Waals surface area contributed by atoms with Crippen molar-refractivity contribution in [3.05, 3.63) is 17.0 Å². The lowest BCUT2D eigenvalue weighted by Gasteiger charge is -2.14. The van der Waals surface area contributed by atoms with Gasteiger partial charge in [-0.2, -0.15) is 0 Å². The normalized spacial score (nSPS) is 10.8. The first-order valence-corrected chi connectivity index (χ1v) is 4.77. The van der Waals surface area contributed by atoms with Gasteiger partial charge in [0.15, 0.2) is 5.76 Å². The molecule has 0 unspecified atom stereocenters. The summed E-state index contributed by atoms with van der Waals surface area (Å²) in [5.74, 6) is 0.483. The number of aromatic nitrogens is 1. The fourth-order valence-electron chi connectivity index (χ4n) is 1.28. The lowest BCUT2D eigenvalue weighted by molar-refractivity contribution is -0.0758. The quantitative estimate of drug-likeness (QED) is 0.716. The van der Waals surface area contributed by atoms with E-state index in [0.717, 1.165) is 5.06 Å². The van der Waals surface area contributed by atoms with Gasteiger partial charge in [0.05, 0.1) is 12.8 Å². The van der Waals surface area contributed by atoms with Crippen molar-refractivity contribution in [2.75, 3.05) is 14.2 Å². The Morgan fingerprint density at radius 1 is 1.53 bits per heavy atom. The van der Waals surface area contributed by atoms with Gasteiger partial charge in [-0.1, -0.05) is 19.0 Å². The Morgan fingerprint density at radius 2 is 2.13 bits per heavy atom. The van der Waals surface area contributed by atoms with Crippen LogP contribution in [0.15, 0.2) is 4.52 Å². The van der Waals surface area contributed by atoms with Crippen LogP contribution in [-0.2, 0) is 4.84 Å². The maximum absolute atomic E-state index is 11.9. The predicted molar refractivity (Wildman–Crippen MR) is 54.4 cm³/mol. The number of hydrogen-bond donors (Lipinski definition) is 0. The summed E-state index contributed by atoms with van der Waals surface area (Å²) in [6.07, 6.45) is 0. The van der Waals surface area contributed by atoms with Gasteiger partial charge in [-0.25, -0.2) is 5.06 Å². The molecule has 0 radical (unpaired) electrons. The topological polar surface area (TPSA) is 55.6 Å². The molecule has 1 aromatic heterocycles. The zero-order chi connectivity index (χ0) is 11.6. The zero-order valence-corrected chi connectivity index (χ0v) is 9.70. The van der Waals surface area contributed by atoms with E-state index in [4.69, 9.17) is 9.36 Å². The van der Waals surface area contributed by atoms with Crippen LogP contribution in [0.5, 0.6) is 0 Å². The van der Waals surface area contributed by atoms with E-state index in [1.165, 1.54) is 7.11 Å². The molecule has 0 saturated heterocycles. The highest BCUT2D eigenvalue weighted by Gasteiger charge is 2.25. The summed E-state index contributed by atoms with van der Waals surface area (Å²) < 4.78 is 5.12. The molecule has 84 valence electrons. The molecule has 0 aliphatic carbocycles. The van der Waals surface area contributed by atoms with Crippen molar-refractivity contribution >= 4 is 5.91 Å². The summed E-state index contributed by atoms with van der Waals surface area (Å²) in [6.45, 7) is 5.64. The highest BCUT2D eigenvalue weighted by Crippen LogP contribution is 2.23. The highest BCUT2D eigenvalue weighted by atomic mass is 16.7. The molecule has 0 aliphatic heterocycles. The molecule has 1 heterocycles. The largest absolute Gasteiger partial charge is 0.360 e. The number of aryl methyl sites for hydroxylation is 1. The molecule has 0 spiro atoms. The summed E-state index contributed by atoms with van der Waals surface area (Å²) in [5.41, 5.74) is 1.09. The molecule has 0 atom stereocenters. The lowest BCUT2D eigenvalue weighted by Crippen LogP contribution is -2.26. The molecular weight excluding hydrogens is 196 g/mol. The van der Waals surface area contributed by atoms with Crippen molar-refractivity contribution in [3.63, 3.8) is 0 Å². The van der Waals surface area contributed by atoms with Crippen molar-refractivity contribution < 1.29 is 14.2 Å². The molecule has 0 aromatic carbocycles. The number of hydroxylamine groups is 2. The van der Waals surface area contributed by atoms with Crippen molar-refractivity contribution in [3.8, 4) is 0 Å². The van der Waals surface area contributed by atoms with Crippen molar-refractivity contribution in [2.45, 2.75) is 26.7 Å². The van der Waals surface area contributed by atoms with E-state index in [0.29, 0.717) is 17.0 Å². The number of amides is 1. The van der Waals surface area contributed by atoms with E-state index in [2.05, 4.69) is 5.16 Å². The molecule has 5 nitrogen and oxygen atoms in total. The third-order valence-electron chi connectivity index (χ3n) is 2.19. The Kier molecular flexibility index (Phi) is 3.47. The SMILES string of the molecule is CON(C)C(=O)c1c(C)noc1C(C)C. The number of nitrogens with zero attached hydrogens (tertiary/aromatic N) is 2. The molecule has 0 saturated carbocycles. The van der Waals surface area contributed by atoms with Crippen LogP contribution < -0.4 is 0 Å². The van der Waals surface area contributed by atoms with Gasteiger partial charge in [0.1, 0.15) is 5.56 Å². The minimum absolute atomic E-state index is 0.121. The average molecular weight is 212 g/mol. The van der Waals surface area contributed by atoms with Crippen LogP contribution in [0.3, 0.4) is 0 Å². The molecule has 0 aliphatic rings. The fourth-order valence-corrected chi connectivity index (χ4v) is 1.28. The summed E-state index contributed by atoms with van der Waals surface area (Å²) in [7, 11) is 2.99. The second kappa shape index (κ2) is 4.44. The van der Waals surface area contributed by atoms with E-state index in [-0.39, 0.29) is 11.8 Å². The van der Waals surface area contributed by atoms with Crippen LogP contribution in [0.1, 0.15) is 41.6 Å². The Bertz CT molecular complexity index is 358. The summed E-state index contributed by atoms with van der Waals surface area (Å²) in [5, 5.41) is 4.96. The molecule has 5 heteroatoms. The number of hydrogen-bond acceptors (Lipinski definition) is 4. The maximum atomic E-state index is 11.9. The molecule has 0 N–H and O–H groups in total. The van der Waals surface area contributed by atoms with E-state index < -0.39 is 0 Å². The Labute approximate surface area is 88.9 Å². The second-order valence-electron chi connectivity index (χ2n) is 3.65. The molecule has 15 heavy (non-hydrogen) atoms. The summed E-state index contributed by atoms with van der Waals surface area (Å²) >= 11 is 0. The molecule has 0 fully saturated rings. The molecular formula is C10H16N2O3. The first kappa shape index (κ1) is 11.7. The van der Waals surface area contributed by atoms with E-state index in [1.807, 2.05) is 13.8 Å². The van der Waals surface area contributed by atoms with Crippen LogP contribution >= 0.6 is 0 Å². The van der Waals surface area contributed by atoms with Gasteiger partial charge in [-0.05, 0) is 6.92 Å². The average Bonchev–Trinajstić information content (AvgIpc) is 2.58. The monoisotopic (exact) mass is 212 g/mol. The first-order valence-electron chi connectivity index (χ1n) is 4.77. The lowest BCUT2D eigenvalue weighted by atomic mass is 10.0. The van der Waals surface area contributed by atoms with Gasteiger partial charge in [-0.3, -0.25) is 9.63 Å². The Balaban J connectivity index is 3.12. The summed E-state index contributed by atoms with van der Waals surface area (Å²) in [4.78, 5) is 16.7. The Morgan fingerprint density at radius 3 is 2.60 bits per heavy atom. The third-order valence-corrected chi connectivity index (χ3v) is 2.19. The molecule has 0 bridgehead atoms. The van der Waals surface area contributed by atoms with Gasteiger partial charge in [-0.15, -0.1) is 0 Å². The minimum Gasteiger partial charge on any atom is -0.360 e. The Hall–Kier alpha value is -1.36. The number of rotatable bonds is 3. The number of carbonyl (C=O) groups excluding carboxylic acids is 1. The van der Waals surface area contributed by atoms with Crippen LogP contribution in [0.25, 0.3) is 0 Å². The van der Waals surface area contributed by atoms with Crippen LogP contribution in [0.2, 0.25) is 0 Å². The highest BCUT2D eigenvalue weighted by molar-refractivity contribution is 5.95. The van der Waals surface area contributed by atoms with Crippen molar-refractivity contribution in [2.24, 2.45) is 0 Å². The first-order chi connectivity index (χ1) is 6.99. The van der Waals surface area contributed by atoms with Gasteiger partial charge in [0.25, 0.3) is 5.91 Å².